The second kappa shape index (κ2) is 16.2. The van der Waals surface area contributed by atoms with Gasteiger partial charge in [-0.3, -0.25) is 13.9 Å². The first-order valence-electron chi connectivity index (χ1n) is 17.7. The van der Waals surface area contributed by atoms with Crippen molar-refractivity contribution in [2.24, 2.45) is 0 Å². The summed E-state index contributed by atoms with van der Waals surface area (Å²) in [5, 5.41) is 21.9. The highest BCUT2D eigenvalue weighted by Gasteiger charge is 2.32. The Morgan fingerprint density at radius 1 is 0.778 bits per heavy atom. The monoisotopic (exact) mass is 764 g/mol. The molecule has 0 aliphatic heterocycles. The summed E-state index contributed by atoms with van der Waals surface area (Å²) in [6.45, 7) is 3.30. The third kappa shape index (κ3) is 8.30. The number of rotatable bonds is 14. The van der Waals surface area contributed by atoms with Crippen LogP contribution in [0.3, 0.4) is 0 Å². The number of para-hydroxylation sites is 1. The van der Waals surface area contributed by atoms with Crippen LogP contribution in [0.4, 0.5) is 11.4 Å². The Morgan fingerprint density at radius 2 is 1.43 bits per heavy atom. The number of carboxylic acid groups (broad SMARTS) is 2. The largest absolute Gasteiger partial charge is 0.478 e. The minimum Gasteiger partial charge on any atom is -0.478 e. The van der Waals surface area contributed by atoms with Crippen LogP contribution in [0.5, 0.6) is 0 Å². The lowest BCUT2D eigenvalue weighted by atomic mass is 9.93. The fourth-order valence-electron chi connectivity index (χ4n) is 6.79. The van der Waals surface area contributed by atoms with Crippen molar-refractivity contribution in [2.75, 3.05) is 9.62 Å². The van der Waals surface area contributed by atoms with E-state index in [2.05, 4.69) is 5.32 Å². The quantitative estimate of drug-likeness (QED) is 0.0958. The van der Waals surface area contributed by atoms with Crippen molar-refractivity contribution in [1.29, 1.82) is 0 Å². The van der Waals surface area contributed by atoms with Crippen molar-refractivity contribution in [2.45, 2.75) is 69.7 Å². The molecule has 6 rings (SSSR count). The molecule has 3 N–H and O–H groups in total. The Kier molecular flexibility index (Phi) is 11.4. The summed E-state index contributed by atoms with van der Waals surface area (Å²) in [7, 11) is -4.29. The molecule has 0 saturated heterocycles. The van der Waals surface area contributed by atoms with E-state index < -0.39 is 28.0 Å². The molecular weight excluding hydrogens is 725 g/mol. The van der Waals surface area contributed by atoms with E-state index >= 15 is 0 Å². The number of anilines is 2. The van der Waals surface area contributed by atoms with Gasteiger partial charge in [0.15, 0.2) is 5.78 Å². The molecule has 0 atom stereocenters. The number of Topliss-reactive ketones (excluding diaryl/α,β-unsaturated/α-hetero) is 1. The van der Waals surface area contributed by atoms with E-state index in [1.165, 1.54) is 47.7 Å². The summed E-state index contributed by atoms with van der Waals surface area (Å²) >= 11 is 1.46. The Balaban J connectivity index is 1.20. The molecule has 1 aromatic heterocycles. The lowest BCUT2D eigenvalue weighted by Crippen LogP contribution is -2.38. The normalized spacial score (nSPS) is 12.6. The third-order valence-electron chi connectivity index (χ3n) is 9.46. The van der Waals surface area contributed by atoms with Gasteiger partial charge in [0.1, 0.15) is 0 Å². The Morgan fingerprint density at radius 3 is 2.07 bits per heavy atom. The number of amides is 1. The molecule has 54 heavy (non-hydrogen) atoms. The first-order chi connectivity index (χ1) is 25.8. The van der Waals surface area contributed by atoms with E-state index in [4.69, 9.17) is 5.11 Å². The molecule has 10 nitrogen and oxygen atoms in total. The molecular formula is C42H40N2O8S2. The van der Waals surface area contributed by atoms with Crippen LogP contribution in [0.2, 0.25) is 0 Å². The van der Waals surface area contributed by atoms with Crippen molar-refractivity contribution >= 4 is 56.4 Å². The number of nitrogens with zero attached hydrogens (tertiary/aromatic N) is 1. The summed E-state index contributed by atoms with van der Waals surface area (Å²) in [5.41, 5.74) is 4.42. The molecule has 0 fully saturated rings. The van der Waals surface area contributed by atoms with Crippen LogP contribution in [-0.2, 0) is 42.1 Å². The second-order valence-electron chi connectivity index (χ2n) is 13.5. The number of hydrogen-bond donors (Lipinski definition) is 3. The maximum atomic E-state index is 14.0. The first-order valence-corrected chi connectivity index (χ1v) is 19.9. The number of aryl methyl sites for hydroxylation is 3. The van der Waals surface area contributed by atoms with Crippen molar-refractivity contribution in [1.82, 2.24) is 0 Å². The predicted molar refractivity (Wildman–Crippen MR) is 209 cm³/mol. The van der Waals surface area contributed by atoms with Gasteiger partial charge in [0.2, 0.25) is 0 Å². The van der Waals surface area contributed by atoms with E-state index in [1.807, 2.05) is 36.4 Å². The van der Waals surface area contributed by atoms with Crippen LogP contribution in [0.25, 0.3) is 0 Å². The van der Waals surface area contributed by atoms with Crippen LogP contribution in [0.1, 0.15) is 94.6 Å². The molecule has 0 spiro atoms. The van der Waals surface area contributed by atoms with Crippen LogP contribution < -0.4 is 9.62 Å². The van der Waals surface area contributed by atoms with Gasteiger partial charge in [0, 0.05) is 33.5 Å². The average molecular weight is 765 g/mol. The summed E-state index contributed by atoms with van der Waals surface area (Å²) in [5.74, 6) is -2.87. The van der Waals surface area contributed by atoms with Crippen molar-refractivity contribution in [3.05, 3.63) is 146 Å². The number of fused-ring (bicyclic) bond motifs is 1. The molecule has 1 heterocycles. The number of hydrogen-bond acceptors (Lipinski definition) is 7. The summed E-state index contributed by atoms with van der Waals surface area (Å²) in [6.07, 6.45) is 4.84. The van der Waals surface area contributed by atoms with E-state index in [1.54, 1.807) is 38.1 Å². The van der Waals surface area contributed by atoms with Gasteiger partial charge in [0.25, 0.3) is 15.9 Å². The van der Waals surface area contributed by atoms with Gasteiger partial charge in [-0.05, 0) is 118 Å². The number of carboxylic acids is 2. The lowest BCUT2D eigenvalue weighted by molar-refractivity contribution is 0.0686. The molecule has 5 aromatic rings. The number of nitrogens with one attached hydrogen (secondary N) is 1. The highest BCUT2D eigenvalue weighted by Crippen LogP contribution is 2.36. The number of benzene rings is 4. The SMILES string of the molecule is CC(C)N(c1ccccc1C(=O)O)S(=O)(=O)c1cccc(C(=O)Cc2sc3c(c2C(=O)Nc2ccc(CCc4ccc(C(=O)O)cc4)cc2)CCCC3)c1. The average Bonchev–Trinajstić information content (AvgIpc) is 3.52. The minimum absolute atomic E-state index is 0.0241. The maximum Gasteiger partial charge on any atom is 0.337 e. The fraction of sp³-hybridized carbons (Fsp3) is 0.238. The van der Waals surface area contributed by atoms with Gasteiger partial charge < -0.3 is 15.5 Å². The molecule has 1 aliphatic rings. The Bertz CT molecular complexity index is 2330. The topological polar surface area (TPSA) is 158 Å². The molecule has 278 valence electrons. The highest BCUT2D eigenvalue weighted by molar-refractivity contribution is 7.92. The van der Waals surface area contributed by atoms with E-state index in [0.29, 0.717) is 16.1 Å². The molecule has 12 heteroatoms. The van der Waals surface area contributed by atoms with Gasteiger partial charge in [-0.1, -0.05) is 48.5 Å². The van der Waals surface area contributed by atoms with E-state index in [-0.39, 0.29) is 45.4 Å². The van der Waals surface area contributed by atoms with Gasteiger partial charge in [0.05, 0.1) is 27.3 Å². The van der Waals surface area contributed by atoms with Crippen LogP contribution in [0.15, 0.2) is 102 Å². The van der Waals surface area contributed by atoms with Gasteiger partial charge >= 0.3 is 11.9 Å². The smallest absolute Gasteiger partial charge is 0.337 e. The Labute approximate surface area is 318 Å². The number of ketones is 1. The molecule has 0 radical (unpaired) electrons. The molecule has 1 aliphatic carbocycles. The van der Waals surface area contributed by atoms with Crippen molar-refractivity contribution < 1.29 is 37.8 Å². The third-order valence-corrected chi connectivity index (χ3v) is 12.7. The zero-order valence-electron chi connectivity index (χ0n) is 29.9. The van der Waals surface area contributed by atoms with Gasteiger partial charge in [-0.15, -0.1) is 11.3 Å². The van der Waals surface area contributed by atoms with Gasteiger partial charge in [-0.25, -0.2) is 18.0 Å². The number of carbonyl (C=O) groups excluding carboxylic acids is 2. The van der Waals surface area contributed by atoms with E-state index in [9.17, 15) is 32.7 Å². The van der Waals surface area contributed by atoms with Crippen LogP contribution >= 0.6 is 11.3 Å². The molecule has 4 aromatic carbocycles. The number of carbonyl (C=O) groups is 4. The van der Waals surface area contributed by atoms with Gasteiger partial charge in [-0.2, -0.15) is 0 Å². The fourth-order valence-corrected chi connectivity index (χ4v) is 9.90. The molecule has 0 bridgehead atoms. The molecule has 0 saturated carbocycles. The lowest BCUT2D eigenvalue weighted by Gasteiger charge is -2.29. The van der Waals surface area contributed by atoms with E-state index in [0.717, 1.165) is 64.4 Å². The summed E-state index contributed by atoms with van der Waals surface area (Å²) in [4.78, 5) is 52.4. The molecule has 1 amide bonds. The number of thiophene rings is 1. The standard InChI is InChI=1S/C42H40N2O8S2/c1-26(2)44(35-12-5-3-10-33(35)42(49)50)54(51,52)32-9-7-8-30(24-32)36(45)25-38-39(34-11-4-6-13-37(34)53-38)40(46)43-31-22-18-28(19-23-31)15-14-27-16-20-29(21-17-27)41(47)48/h3,5,7-10,12,16-24,26H,4,6,11,13-15,25H2,1-2H3,(H,43,46)(H,47,48)(H,49,50). The van der Waals surface area contributed by atoms with Crippen molar-refractivity contribution in [3.8, 4) is 0 Å². The van der Waals surface area contributed by atoms with Crippen LogP contribution in [-0.4, -0.2) is 48.3 Å². The highest BCUT2D eigenvalue weighted by atomic mass is 32.2. The molecule has 0 unspecified atom stereocenters. The first kappa shape index (κ1) is 38.1. The summed E-state index contributed by atoms with van der Waals surface area (Å²) in [6, 6.07) is 25.4. The minimum atomic E-state index is -4.29. The van der Waals surface area contributed by atoms with Crippen LogP contribution in [0, 0.1) is 0 Å². The predicted octanol–water partition coefficient (Wildman–Crippen LogP) is 8.09. The Hall–Kier alpha value is -5.59. The zero-order valence-corrected chi connectivity index (χ0v) is 31.5. The maximum absolute atomic E-state index is 14.0. The van der Waals surface area contributed by atoms with Crippen molar-refractivity contribution in [3.63, 3.8) is 0 Å². The number of sulfonamides is 1. The zero-order chi connectivity index (χ0) is 38.6. The number of aromatic carboxylic acids is 2. The second-order valence-corrected chi connectivity index (χ2v) is 16.5. The summed E-state index contributed by atoms with van der Waals surface area (Å²) < 4.78 is 29.1.